The van der Waals surface area contributed by atoms with Crippen LogP contribution in [0.25, 0.3) is 10.2 Å². The molecule has 0 radical (unpaired) electrons. The monoisotopic (exact) mass is 424 g/mol. The first-order valence-corrected chi connectivity index (χ1v) is 11.3. The predicted molar refractivity (Wildman–Crippen MR) is 122 cm³/mol. The first-order valence-electron chi connectivity index (χ1n) is 10.5. The van der Waals surface area contributed by atoms with E-state index in [1.165, 1.54) is 10.4 Å². The zero-order chi connectivity index (χ0) is 21.3. The number of amides is 1. The molecule has 1 aromatic carbocycles. The van der Waals surface area contributed by atoms with Crippen molar-refractivity contribution in [3.63, 3.8) is 0 Å². The van der Waals surface area contributed by atoms with Crippen LogP contribution < -0.4 is 15.8 Å². The number of aromatic amines is 1. The van der Waals surface area contributed by atoms with Crippen LogP contribution in [-0.4, -0.2) is 30.0 Å². The van der Waals surface area contributed by atoms with Gasteiger partial charge in [-0.1, -0.05) is 19.1 Å². The molecule has 6 nitrogen and oxygen atoms in total. The van der Waals surface area contributed by atoms with Crippen LogP contribution >= 0.6 is 11.3 Å². The van der Waals surface area contributed by atoms with Crippen molar-refractivity contribution in [2.24, 2.45) is 5.92 Å². The number of aryl methyl sites for hydroxylation is 2. The Balaban J connectivity index is 1.37. The van der Waals surface area contributed by atoms with Gasteiger partial charge < -0.3 is 15.2 Å². The van der Waals surface area contributed by atoms with Gasteiger partial charge in [0.25, 0.3) is 5.56 Å². The van der Waals surface area contributed by atoms with E-state index in [1.807, 2.05) is 43.3 Å². The number of aromatic nitrogens is 2. The molecule has 1 amide bonds. The van der Waals surface area contributed by atoms with Crippen LogP contribution in [-0.2, 0) is 30.6 Å². The van der Waals surface area contributed by atoms with Crippen molar-refractivity contribution in [1.29, 1.82) is 0 Å². The Kier molecular flexibility index (Phi) is 5.90. The van der Waals surface area contributed by atoms with Gasteiger partial charge in [0.1, 0.15) is 10.7 Å². The number of nitrogens with zero attached hydrogens (tertiary/aromatic N) is 2. The number of carbonyl (C=O) groups excluding carboxylic acids is 1. The summed E-state index contributed by atoms with van der Waals surface area (Å²) in [5.41, 5.74) is 3.30. The van der Waals surface area contributed by atoms with E-state index in [9.17, 15) is 9.59 Å². The summed E-state index contributed by atoms with van der Waals surface area (Å²) >= 11 is 1.64. The molecule has 0 spiro atoms. The summed E-state index contributed by atoms with van der Waals surface area (Å²) in [5, 5.41) is 3.70. The Labute approximate surface area is 180 Å². The Morgan fingerprint density at radius 1 is 1.30 bits per heavy atom. The highest BCUT2D eigenvalue weighted by Crippen LogP contribution is 2.35. The topological polar surface area (TPSA) is 78.1 Å². The van der Waals surface area contributed by atoms with Crippen molar-refractivity contribution >= 4 is 33.1 Å². The molecule has 0 bridgehead atoms. The fourth-order valence-corrected chi connectivity index (χ4v) is 5.35. The molecular formula is C23H28N4O2S. The van der Waals surface area contributed by atoms with Crippen LogP contribution in [0.15, 0.2) is 29.1 Å². The number of hydrogen-bond acceptors (Lipinski definition) is 5. The van der Waals surface area contributed by atoms with Crippen LogP contribution in [0.1, 0.15) is 41.6 Å². The molecule has 3 aromatic rings. The summed E-state index contributed by atoms with van der Waals surface area (Å²) in [6.45, 7) is 2.75. The molecule has 4 rings (SSSR count). The average Bonchev–Trinajstić information content (AvgIpc) is 3.08. The summed E-state index contributed by atoms with van der Waals surface area (Å²) in [6, 6.07) is 8.10. The third kappa shape index (κ3) is 4.41. The number of rotatable bonds is 6. The molecule has 0 aliphatic heterocycles. The summed E-state index contributed by atoms with van der Waals surface area (Å²) in [7, 11) is 4.00. The maximum atomic E-state index is 12.7. The molecule has 0 saturated carbocycles. The number of H-pyrrole nitrogens is 1. The van der Waals surface area contributed by atoms with Crippen molar-refractivity contribution in [2.75, 3.05) is 19.0 Å². The normalized spacial score (nSPS) is 15.8. The van der Waals surface area contributed by atoms with E-state index in [0.29, 0.717) is 31.1 Å². The third-order valence-corrected chi connectivity index (χ3v) is 6.89. The summed E-state index contributed by atoms with van der Waals surface area (Å²) in [6.07, 6.45) is 3.83. The van der Waals surface area contributed by atoms with Gasteiger partial charge in [0.05, 0.1) is 5.39 Å². The van der Waals surface area contributed by atoms with Gasteiger partial charge >= 0.3 is 0 Å². The minimum Gasteiger partial charge on any atom is -0.378 e. The average molecular weight is 425 g/mol. The second-order valence-corrected chi connectivity index (χ2v) is 9.47. The van der Waals surface area contributed by atoms with Gasteiger partial charge in [-0.2, -0.15) is 0 Å². The maximum absolute atomic E-state index is 12.7. The molecule has 7 heteroatoms. The van der Waals surface area contributed by atoms with Crippen LogP contribution in [0.2, 0.25) is 0 Å². The van der Waals surface area contributed by atoms with Gasteiger partial charge in [0.15, 0.2) is 0 Å². The molecule has 2 N–H and O–H groups in total. The summed E-state index contributed by atoms with van der Waals surface area (Å²) in [4.78, 5) is 36.6. The van der Waals surface area contributed by atoms with Gasteiger partial charge in [0.2, 0.25) is 5.91 Å². The van der Waals surface area contributed by atoms with Gasteiger partial charge in [-0.3, -0.25) is 9.59 Å². The van der Waals surface area contributed by atoms with Crippen LogP contribution in [0, 0.1) is 5.92 Å². The third-order valence-electron chi connectivity index (χ3n) is 5.75. The summed E-state index contributed by atoms with van der Waals surface area (Å²) in [5.74, 6) is 1.20. The van der Waals surface area contributed by atoms with E-state index in [0.717, 1.165) is 40.7 Å². The van der Waals surface area contributed by atoms with Crippen molar-refractivity contribution < 1.29 is 4.79 Å². The molecule has 1 aliphatic carbocycles. The van der Waals surface area contributed by atoms with E-state index in [2.05, 4.69) is 22.2 Å². The van der Waals surface area contributed by atoms with Crippen LogP contribution in [0.5, 0.6) is 0 Å². The highest BCUT2D eigenvalue weighted by atomic mass is 32.1. The van der Waals surface area contributed by atoms with Gasteiger partial charge in [-0.25, -0.2) is 4.98 Å². The van der Waals surface area contributed by atoms with Gasteiger partial charge in [-0.05, 0) is 48.4 Å². The van der Waals surface area contributed by atoms with Crippen molar-refractivity contribution in [1.82, 2.24) is 15.3 Å². The van der Waals surface area contributed by atoms with Crippen LogP contribution in [0.4, 0.5) is 5.69 Å². The number of benzene rings is 1. The number of fused-ring (bicyclic) bond motifs is 3. The lowest BCUT2D eigenvalue weighted by Gasteiger charge is -2.17. The molecule has 30 heavy (non-hydrogen) atoms. The Morgan fingerprint density at radius 3 is 2.80 bits per heavy atom. The summed E-state index contributed by atoms with van der Waals surface area (Å²) < 4.78 is 0. The molecule has 158 valence electrons. The number of hydrogen-bond donors (Lipinski definition) is 2. The molecular weight excluding hydrogens is 396 g/mol. The minimum atomic E-state index is -0.0663. The van der Waals surface area contributed by atoms with Crippen molar-refractivity contribution in [3.8, 4) is 0 Å². The number of anilines is 1. The molecule has 0 saturated heterocycles. The number of nitrogens with one attached hydrogen (secondary N) is 2. The Morgan fingerprint density at radius 2 is 2.07 bits per heavy atom. The first-order chi connectivity index (χ1) is 14.4. The fourth-order valence-electron chi connectivity index (χ4n) is 3.94. The smallest absolute Gasteiger partial charge is 0.259 e. The van der Waals surface area contributed by atoms with E-state index in [4.69, 9.17) is 0 Å². The van der Waals surface area contributed by atoms with Gasteiger partial charge in [-0.15, -0.1) is 11.3 Å². The van der Waals surface area contributed by atoms with E-state index in [1.54, 1.807) is 11.3 Å². The maximum Gasteiger partial charge on any atom is 0.259 e. The van der Waals surface area contributed by atoms with Crippen molar-refractivity contribution in [2.45, 2.75) is 45.6 Å². The lowest BCUT2D eigenvalue weighted by atomic mass is 9.89. The fraction of sp³-hybridized carbons (Fsp3) is 0.435. The lowest BCUT2D eigenvalue weighted by molar-refractivity contribution is -0.121. The molecule has 1 aliphatic rings. The van der Waals surface area contributed by atoms with Crippen LogP contribution in [0.3, 0.4) is 0 Å². The Hall–Kier alpha value is -2.67. The highest BCUT2D eigenvalue weighted by Gasteiger charge is 2.23. The molecule has 1 unspecified atom stereocenters. The minimum absolute atomic E-state index is 0.0475. The van der Waals surface area contributed by atoms with Crippen molar-refractivity contribution in [3.05, 3.63) is 56.4 Å². The SMILES string of the molecule is CC1CCc2c(sc3nc(CCC(=O)NCc4ccc(N(C)C)cc4)[nH]c(=O)c23)C1. The molecule has 2 aromatic heterocycles. The standard InChI is InChI=1S/C23H28N4O2S/c1-14-4-9-17-18(12-14)30-23-21(17)22(29)25-19(26-23)10-11-20(28)24-13-15-5-7-16(8-6-15)27(2)3/h5-8,14H,4,9-13H2,1-3H3,(H,24,28)(H,25,26,29). The number of thiophene rings is 1. The lowest BCUT2D eigenvalue weighted by Crippen LogP contribution is -2.24. The zero-order valence-electron chi connectivity index (χ0n) is 17.7. The zero-order valence-corrected chi connectivity index (χ0v) is 18.6. The largest absolute Gasteiger partial charge is 0.378 e. The second-order valence-electron chi connectivity index (χ2n) is 8.38. The second kappa shape index (κ2) is 8.60. The van der Waals surface area contributed by atoms with E-state index < -0.39 is 0 Å². The van der Waals surface area contributed by atoms with E-state index in [-0.39, 0.29) is 11.5 Å². The first kappa shape index (κ1) is 20.6. The number of carbonyl (C=O) groups is 1. The predicted octanol–water partition coefficient (Wildman–Crippen LogP) is 3.42. The Bertz CT molecular complexity index is 1110. The van der Waals surface area contributed by atoms with Gasteiger partial charge in [0, 0.05) is 44.0 Å². The van der Waals surface area contributed by atoms with E-state index >= 15 is 0 Å². The highest BCUT2D eigenvalue weighted by molar-refractivity contribution is 7.18. The molecule has 1 atom stereocenters. The quantitative estimate of drug-likeness (QED) is 0.636. The molecule has 0 fully saturated rings. The molecule has 2 heterocycles.